The van der Waals surface area contributed by atoms with Crippen molar-refractivity contribution in [2.75, 3.05) is 6.54 Å². The molecule has 1 atom stereocenters. The Morgan fingerprint density at radius 2 is 2.33 bits per heavy atom. The molecular weight excluding hydrogens is 266 g/mol. The highest BCUT2D eigenvalue weighted by Crippen LogP contribution is 2.31. The van der Waals surface area contributed by atoms with Gasteiger partial charge in [0.15, 0.2) is 0 Å². The van der Waals surface area contributed by atoms with E-state index in [9.17, 15) is 4.79 Å². The zero-order valence-corrected chi connectivity index (χ0v) is 12.0. The molecule has 0 bridgehead atoms. The molecule has 0 saturated heterocycles. The lowest BCUT2D eigenvalue weighted by Gasteiger charge is -2.13. The zero-order chi connectivity index (χ0) is 14.8. The van der Waals surface area contributed by atoms with E-state index < -0.39 is 0 Å². The monoisotopic (exact) mass is 285 g/mol. The van der Waals surface area contributed by atoms with E-state index in [1.165, 1.54) is 19.2 Å². The number of aryl methyl sites for hydroxylation is 1. The number of hydrogen-bond acceptors (Lipinski definition) is 4. The number of amides is 1. The van der Waals surface area contributed by atoms with Crippen LogP contribution >= 0.6 is 0 Å². The summed E-state index contributed by atoms with van der Waals surface area (Å²) < 4.78 is 1.66. The lowest BCUT2D eigenvalue weighted by Crippen LogP contribution is -2.38. The van der Waals surface area contributed by atoms with Crippen LogP contribution in [0.15, 0.2) is 30.9 Å². The second-order valence-electron chi connectivity index (χ2n) is 5.55. The third-order valence-corrected chi connectivity index (χ3v) is 3.86. The Hall–Kier alpha value is -2.21. The van der Waals surface area contributed by atoms with E-state index in [2.05, 4.69) is 15.4 Å². The van der Waals surface area contributed by atoms with Gasteiger partial charge in [0, 0.05) is 18.2 Å². The van der Waals surface area contributed by atoms with E-state index in [4.69, 9.17) is 5.73 Å². The topological polar surface area (TPSA) is 85.8 Å². The van der Waals surface area contributed by atoms with Crippen molar-refractivity contribution in [2.45, 2.75) is 25.8 Å². The molecular formula is C15H19N5O. The first-order chi connectivity index (χ1) is 10.1. The summed E-state index contributed by atoms with van der Waals surface area (Å²) in [6, 6.07) is 5.66. The van der Waals surface area contributed by atoms with Gasteiger partial charge in [0.05, 0.1) is 5.69 Å². The fraction of sp³-hybridized carbons (Fsp3) is 0.400. The summed E-state index contributed by atoms with van der Waals surface area (Å²) in [6.45, 7) is 2.45. The van der Waals surface area contributed by atoms with Crippen molar-refractivity contribution < 1.29 is 4.79 Å². The van der Waals surface area contributed by atoms with Crippen molar-refractivity contribution in [3.8, 4) is 5.69 Å². The second-order valence-corrected chi connectivity index (χ2v) is 5.55. The minimum Gasteiger partial charge on any atom is -0.350 e. The van der Waals surface area contributed by atoms with Gasteiger partial charge in [0.1, 0.15) is 12.7 Å². The van der Waals surface area contributed by atoms with Crippen molar-refractivity contribution in [1.29, 1.82) is 0 Å². The van der Waals surface area contributed by atoms with Crippen LogP contribution in [0.3, 0.4) is 0 Å². The van der Waals surface area contributed by atoms with Crippen LogP contribution in [0.25, 0.3) is 5.69 Å². The average molecular weight is 285 g/mol. The molecule has 1 aliphatic rings. The van der Waals surface area contributed by atoms with Gasteiger partial charge in [-0.15, -0.1) is 0 Å². The van der Waals surface area contributed by atoms with Crippen molar-refractivity contribution >= 4 is 5.91 Å². The van der Waals surface area contributed by atoms with Gasteiger partial charge in [-0.25, -0.2) is 9.67 Å². The summed E-state index contributed by atoms with van der Waals surface area (Å²) in [6.07, 6.45) is 5.48. The summed E-state index contributed by atoms with van der Waals surface area (Å²) in [4.78, 5) is 16.1. The van der Waals surface area contributed by atoms with Crippen LogP contribution in [-0.4, -0.2) is 33.3 Å². The normalized spacial score (nSPS) is 15.7. The van der Waals surface area contributed by atoms with Gasteiger partial charge in [0.2, 0.25) is 0 Å². The first-order valence-corrected chi connectivity index (χ1v) is 7.14. The van der Waals surface area contributed by atoms with Crippen molar-refractivity contribution in [1.82, 2.24) is 20.1 Å². The zero-order valence-electron chi connectivity index (χ0n) is 12.0. The number of nitrogens with zero attached hydrogens (tertiary/aromatic N) is 3. The highest BCUT2D eigenvalue weighted by molar-refractivity contribution is 5.95. The molecule has 1 unspecified atom stereocenters. The van der Waals surface area contributed by atoms with Gasteiger partial charge in [-0.2, -0.15) is 5.10 Å². The van der Waals surface area contributed by atoms with Gasteiger partial charge in [-0.3, -0.25) is 4.79 Å². The van der Waals surface area contributed by atoms with Crippen LogP contribution in [-0.2, 0) is 0 Å². The van der Waals surface area contributed by atoms with Crippen LogP contribution in [0, 0.1) is 12.8 Å². The third kappa shape index (κ3) is 3.11. The van der Waals surface area contributed by atoms with E-state index in [1.54, 1.807) is 11.0 Å². The van der Waals surface area contributed by atoms with Crippen LogP contribution in [0.5, 0.6) is 0 Å². The molecule has 1 fully saturated rings. The van der Waals surface area contributed by atoms with Gasteiger partial charge < -0.3 is 11.1 Å². The highest BCUT2D eigenvalue weighted by atomic mass is 16.1. The van der Waals surface area contributed by atoms with E-state index in [0.29, 0.717) is 18.0 Å². The molecule has 6 nitrogen and oxygen atoms in total. The van der Waals surface area contributed by atoms with Gasteiger partial charge in [0.25, 0.3) is 5.91 Å². The van der Waals surface area contributed by atoms with Gasteiger partial charge in [-0.05, 0) is 49.4 Å². The van der Waals surface area contributed by atoms with E-state index >= 15 is 0 Å². The molecule has 1 aromatic heterocycles. The largest absolute Gasteiger partial charge is 0.350 e. The van der Waals surface area contributed by atoms with Crippen LogP contribution < -0.4 is 11.1 Å². The molecule has 6 heteroatoms. The Labute approximate surface area is 123 Å². The number of nitrogens with two attached hydrogens (primary N) is 1. The minimum atomic E-state index is -0.0752. The predicted molar refractivity (Wildman–Crippen MR) is 79.1 cm³/mol. The third-order valence-electron chi connectivity index (χ3n) is 3.86. The quantitative estimate of drug-likeness (QED) is 0.859. The Morgan fingerprint density at radius 3 is 2.95 bits per heavy atom. The maximum Gasteiger partial charge on any atom is 0.251 e. The molecule has 1 heterocycles. The van der Waals surface area contributed by atoms with Gasteiger partial charge >= 0.3 is 0 Å². The summed E-state index contributed by atoms with van der Waals surface area (Å²) in [5.74, 6) is 0.509. The number of nitrogens with one attached hydrogen (secondary N) is 1. The molecule has 3 rings (SSSR count). The summed E-state index contributed by atoms with van der Waals surface area (Å²) in [7, 11) is 0. The second kappa shape index (κ2) is 5.65. The number of aromatic nitrogens is 3. The minimum absolute atomic E-state index is 0.0729. The number of benzene rings is 1. The van der Waals surface area contributed by atoms with Crippen LogP contribution in [0.2, 0.25) is 0 Å². The molecule has 21 heavy (non-hydrogen) atoms. The van der Waals surface area contributed by atoms with E-state index in [0.717, 1.165) is 11.3 Å². The lowest BCUT2D eigenvalue weighted by molar-refractivity contribution is 0.0949. The molecule has 1 saturated carbocycles. The lowest BCUT2D eigenvalue weighted by atomic mass is 10.1. The van der Waals surface area contributed by atoms with Gasteiger partial charge in [-0.1, -0.05) is 0 Å². The fourth-order valence-electron chi connectivity index (χ4n) is 2.38. The molecule has 0 spiro atoms. The molecule has 3 N–H and O–H groups in total. The Morgan fingerprint density at radius 1 is 1.52 bits per heavy atom. The SMILES string of the molecule is Cc1cc(-n2cncn2)ccc1C(=O)NCC(N)C1CC1. The van der Waals surface area contributed by atoms with Crippen LogP contribution in [0.1, 0.15) is 28.8 Å². The Kier molecular flexibility index (Phi) is 3.70. The summed E-state index contributed by atoms with van der Waals surface area (Å²) in [5, 5.41) is 6.99. The molecule has 0 radical (unpaired) electrons. The van der Waals surface area contributed by atoms with Crippen LogP contribution in [0.4, 0.5) is 0 Å². The summed E-state index contributed by atoms with van der Waals surface area (Å²) >= 11 is 0. The van der Waals surface area contributed by atoms with Crippen molar-refractivity contribution in [2.24, 2.45) is 11.7 Å². The first kappa shape index (κ1) is 13.8. The predicted octanol–water partition coefficient (Wildman–Crippen LogP) is 1.04. The molecule has 110 valence electrons. The standard InChI is InChI=1S/C15H19N5O/c1-10-6-12(20-9-17-8-19-20)4-5-13(10)15(21)18-7-14(16)11-2-3-11/h4-6,8-9,11,14H,2-3,7,16H2,1H3,(H,18,21). The number of carbonyl (C=O) groups is 1. The fourth-order valence-corrected chi connectivity index (χ4v) is 2.38. The maximum absolute atomic E-state index is 12.2. The molecule has 2 aromatic rings. The first-order valence-electron chi connectivity index (χ1n) is 7.14. The number of carbonyl (C=O) groups excluding carboxylic acids is 1. The summed E-state index contributed by atoms with van der Waals surface area (Å²) in [5.41, 5.74) is 8.46. The van der Waals surface area contributed by atoms with Crippen molar-refractivity contribution in [3.63, 3.8) is 0 Å². The highest BCUT2D eigenvalue weighted by Gasteiger charge is 2.28. The average Bonchev–Trinajstić information content (AvgIpc) is 3.19. The Bertz CT molecular complexity index is 634. The molecule has 0 aliphatic heterocycles. The van der Waals surface area contributed by atoms with E-state index in [1.807, 2.05) is 25.1 Å². The van der Waals surface area contributed by atoms with Crippen molar-refractivity contribution in [3.05, 3.63) is 42.0 Å². The molecule has 1 amide bonds. The smallest absolute Gasteiger partial charge is 0.251 e. The van der Waals surface area contributed by atoms with E-state index in [-0.39, 0.29) is 11.9 Å². The molecule has 1 aliphatic carbocycles. The Balaban J connectivity index is 1.68. The number of hydrogen-bond donors (Lipinski definition) is 2. The maximum atomic E-state index is 12.2. The number of rotatable bonds is 5. The molecule has 1 aromatic carbocycles.